The Morgan fingerprint density at radius 3 is 2.76 bits per heavy atom. The number of rotatable bonds is 6. The van der Waals surface area contributed by atoms with Crippen LogP contribution < -0.4 is 26.5 Å². The van der Waals surface area contributed by atoms with E-state index in [0.717, 1.165) is 43.2 Å². The van der Waals surface area contributed by atoms with Gasteiger partial charge in [-0.2, -0.15) is 0 Å². The summed E-state index contributed by atoms with van der Waals surface area (Å²) in [4.78, 5) is 48.8. The maximum absolute atomic E-state index is 13.1. The number of ether oxygens (including phenoxy) is 1. The minimum atomic E-state index is -0.574. The molecule has 1 aromatic carbocycles. The largest absolute Gasteiger partial charge is 0.450 e. The van der Waals surface area contributed by atoms with Crippen molar-refractivity contribution in [3.8, 4) is 5.82 Å². The second-order valence-electron chi connectivity index (χ2n) is 8.32. The highest BCUT2D eigenvalue weighted by atomic mass is 32.1. The summed E-state index contributed by atoms with van der Waals surface area (Å²) in [5.41, 5.74) is 2.86. The van der Waals surface area contributed by atoms with Crippen LogP contribution in [0.3, 0.4) is 0 Å². The van der Waals surface area contributed by atoms with E-state index >= 15 is 0 Å². The molecule has 0 atom stereocenters. The topological polar surface area (TPSA) is 135 Å². The zero-order valence-corrected chi connectivity index (χ0v) is 21.2. The number of nitrogens with one attached hydrogen (secondary N) is 3. The lowest BCUT2D eigenvalue weighted by Gasteiger charge is -2.30. The van der Waals surface area contributed by atoms with Crippen molar-refractivity contribution in [1.82, 2.24) is 24.4 Å². The Labute approximate surface area is 215 Å². The van der Waals surface area contributed by atoms with E-state index < -0.39 is 6.09 Å². The smallest absolute Gasteiger partial charge is 0.411 e. The maximum Gasteiger partial charge on any atom is 0.411 e. The minimum absolute atomic E-state index is 0.217. The van der Waals surface area contributed by atoms with E-state index in [2.05, 4.69) is 30.8 Å². The number of benzene rings is 1. The number of piperazine rings is 1. The van der Waals surface area contributed by atoms with E-state index in [-0.39, 0.29) is 23.2 Å². The summed E-state index contributed by atoms with van der Waals surface area (Å²) < 4.78 is 7.81. The molecule has 4 aromatic rings. The van der Waals surface area contributed by atoms with E-state index in [9.17, 15) is 14.4 Å². The summed E-state index contributed by atoms with van der Waals surface area (Å²) in [7, 11) is 1.63. The number of pyridine rings is 1. The van der Waals surface area contributed by atoms with Crippen LogP contribution in [0.2, 0.25) is 0 Å². The Hall–Kier alpha value is -4.23. The molecule has 5 rings (SSSR count). The van der Waals surface area contributed by atoms with Gasteiger partial charge < -0.3 is 20.3 Å². The van der Waals surface area contributed by atoms with Gasteiger partial charge in [0.25, 0.3) is 5.91 Å². The Bertz CT molecular complexity index is 1520. The molecule has 0 bridgehead atoms. The van der Waals surface area contributed by atoms with Crippen molar-refractivity contribution in [2.75, 3.05) is 48.3 Å². The highest BCUT2D eigenvalue weighted by Gasteiger charge is 2.20. The van der Waals surface area contributed by atoms with Gasteiger partial charge >= 0.3 is 11.8 Å². The molecule has 0 aliphatic carbocycles. The molecular formula is C24H26N8O4S. The van der Waals surface area contributed by atoms with Crippen molar-refractivity contribution >= 4 is 51.4 Å². The fourth-order valence-electron chi connectivity index (χ4n) is 4.23. The van der Waals surface area contributed by atoms with Crippen molar-refractivity contribution in [2.45, 2.75) is 6.92 Å². The highest BCUT2D eigenvalue weighted by molar-refractivity contribution is 7.12. The fraction of sp³-hybridized carbons (Fsp3) is 0.292. The summed E-state index contributed by atoms with van der Waals surface area (Å²) >= 11 is 1.15. The average Bonchev–Trinajstić information content (AvgIpc) is 3.48. The molecule has 1 aliphatic rings. The molecule has 192 valence electrons. The third-order valence-corrected chi connectivity index (χ3v) is 6.83. The van der Waals surface area contributed by atoms with Crippen LogP contribution in [0.1, 0.15) is 16.7 Å². The molecule has 2 amide bonds. The Kier molecular flexibility index (Phi) is 6.88. The minimum Gasteiger partial charge on any atom is -0.450 e. The van der Waals surface area contributed by atoms with Gasteiger partial charge in [-0.1, -0.05) is 0 Å². The van der Waals surface area contributed by atoms with Crippen molar-refractivity contribution in [3.63, 3.8) is 0 Å². The third-order valence-electron chi connectivity index (χ3n) is 6.00. The summed E-state index contributed by atoms with van der Waals surface area (Å²) in [6, 6.07) is 6.96. The molecule has 3 N–H and O–H groups in total. The van der Waals surface area contributed by atoms with Gasteiger partial charge in [-0.05, 0) is 31.2 Å². The fourth-order valence-corrected chi connectivity index (χ4v) is 4.91. The van der Waals surface area contributed by atoms with Gasteiger partial charge in [0.1, 0.15) is 0 Å². The van der Waals surface area contributed by atoms with Gasteiger partial charge in [0.15, 0.2) is 10.8 Å². The van der Waals surface area contributed by atoms with Crippen LogP contribution >= 0.6 is 11.3 Å². The number of anilines is 3. The number of thiazole rings is 1. The zero-order valence-electron chi connectivity index (χ0n) is 20.4. The second kappa shape index (κ2) is 10.4. The molecule has 1 aliphatic heterocycles. The molecule has 0 unspecified atom stereocenters. The molecule has 37 heavy (non-hydrogen) atoms. The molecule has 0 radical (unpaired) electrons. The molecule has 13 heteroatoms. The Balaban J connectivity index is 1.40. The number of carbonyl (C=O) groups is 2. The molecule has 12 nitrogen and oxygen atoms in total. The van der Waals surface area contributed by atoms with Gasteiger partial charge in [-0.15, -0.1) is 11.3 Å². The molecule has 1 saturated heterocycles. The molecule has 0 saturated carbocycles. The summed E-state index contributed by atoms with van der Waals surface area (Å²) in [6.07, 6.45) is 2.76. The SMILES string of the molecule is CCOC(=O)Nc1ccc2c(c1)n(C)c(=O)n2-c1csc(C(=O)Nc2cnccc2N2CCNCC2)n1. The maximum atomic E-state index is 13.1. The number of hydrogen-bond donors (Lipinski definition) is 3. The van der Waals surface area contributed by atoms with E-state index in [1.165, 1.54) is 9.13 Å². The number of amides is 2. The Morgan fingerprint density at radius 2 is 1.97 bits per heavy atom. The standard InChI is InChI=1S/C24H26N8O4S/c1-3-36-23(34)27-15-4-5-18-19(12-15)30(2)24(35)32(18)20-14-37-22(29-20)21(33)28-16-13-26-7-6-17(16)31-10-8-25-9-11-31/h4-7,12-14,25H,3,8-11H2,1-2H3,(H,27,34)(H,28,33). The lowest BCUT2D eigenvalue weighted by atomic mass is 10.2. The first-order chi connectivity index (χ1) is 18.0. The average molecular weight is 523 g/mol. The normalized spacial score (nSPS) is 13.5. The van der Waals surface area contributed by atoms with E-state index in [4.69, 9.17) is 4.74 Å². The molecule has 4 heterocycles. The van der Waals surface area contributed by atoms with Crippen LogP contribution in [-0.2, 0) is 11.8 Å². The van der Waals surface area contributed by atoms with E-state index in [1.807, 2.05) is 6.07 Å². The first-order valence-corrected chi connectivity index (χ1v) is 12.7. The van der Waals surface area contributed by atoms with Gasteiger partial charge in [-0.3, -0.25) is 19.7 Å². The predicted octanol–water partition coefficient (Wildman–Crippen LogP) is 2.41. The van der Waals surface area contributed by atoms with E-state index in [1.54, 1.807) is 49.9 Å². The monoisotopic (exact) mass is 522 g/mol. The first kappa shape index (κ1) is 24.5. The summed E-state index contributed by atoms with van der Waals surface area (Å²) in [6.45, 7) is 5.36. The lowest BCUT2D eigenvalue weighted by Crippen LogP contribution is -2.43. The van der Waals surface area contributed by atoms with Crippen LogP contribution in [0, 0.1) is 0 Å². The second-order valence-corrected chi connectivity index (χ2v) is 9.18. The van der Waals surface area contributed by atoms with Gasteiger partial charge in [0, 0.05) is 50.5 Å². The molecule has 1 fully saturated rings. The molecule has 0 spiro atoms. The van der Waals surface area contributed by atoms with Gasteiger partial charge in [-0.25, -0.2) is 19.1 Å². The molecule has 3 aromatic heterocycles. The quantitative estimate of drug-likeness (QED) is 0.351. The predicted molar refractivity (Wildman–Crippen MR) is 142 cm³/mol. The number of nitrogens with zero attached hydrogens (tertiary/aromatic N) is 5. The van der Waals surface area contributed by atoms with Crippen LogP contribution in [0.5, 0.6) is 0 Å². The number of imidazole rings is 1. The van der Waals surface area contributed by atoms with Crippen molar-refractivity contribution < 1.29 is 14.3 Å². The van der Waals surface area contributed by atoms with Crippen molar-refractivity contribution in [1.29, 1.82) is 0 Å². The van der Waals surface area contributed by atoms with Crippen molar-refractivity contribution in [3.05, 3.63) is 57.5 Å². The van der Waals surface area contributed by atoms with Crippen LogP contribution in [-0.4, -0.2) is 63.9 Å². The number of fused-ring (bicyclic) bond motifs is 1. The summed E-state index contributed by atoms with van der Waals surface area (Å²) in [5, 5.41) is 10.8. The third kappa shape index (κ3) is 4.90. The zero-order chi connectivity index (χ0) is 25.9. The number of carbonyl (C=O) groups excluding carboxylic acids is 2. The van der Waals surface area contributed by atoms with E-state index in [0.29, 0.717) is 28.2 Å². The molecular weight excluding hydrogens is 496 g/mol. The highest BCUT2D eigenvalue weighted by Crippen LogP contribution is 2.27. The lowest BCUT2D eigenvalue weighted by molar-refractivity contribution is 0.102. The number of aryl methyl sites for hydroxylation is 1. The van der Waals surface area contributed by atoms with Gasteiger partial charge in [0.2, 0.25) is 0 Å². The first-order valence-electron chi connectivity index (χ1n) is 11.8. The van der Waals surface area contributed by atoms with Crippen LogP contribution in [0.15, 0.2) is 46.8 Å². The van der Waals surface area contributed by atoms with Gasteiger partial charge in [0.05, 0.1) is 35.2 Å². The van der Waals surface area contributed by atoms with Crippen LogP contribution in [0.25, 0.3) is 16.9 Å². The summed E-state index contributed by atoms with van der Waals surface area (Å²) in [5.74, 6) is -0.0415. The van der Waals surface area contributed by atoms with Crippen molar-refractivity contribution in [2.24, 2.45) is 7.05 Å². The Morgan fingerprint density at radius 1 is 1.16 bits per heavy atom. The number of hydrogen-bond acceptors (Lipinski definition) is 9. The number of aromatic nitrogens is 4. The van der Waals surface area contributed by atoms with Crippen LogP contribution in [0.4, 0.5) is 21.9 Å².